The van der Waals surface area contributed by atoms with Crippen molar-refractivity contribution in [1.82, 2.24) is 0 Å². The van der Waals surface area contributed by atoms with Crippen molar-refractivity contribution in [2.45, 2.75) is 79.1 Å². The van der Waals surface area contributed by atoms with Crippen LogP contribution in [-0.4, -0.2) is 22.2 Å². The van der Waals surface area contributed by atoms with E-state index < -0.39 is 11.9 Å². The van der Waals surface area contributed by atoms with Gasteiger partial charge in [0.15, 0.2) is 0 Å². The van der Waals surface area contributed by atoms with Crippen LogP contribution in [-0.2, 0) is 9.59 Å². The summed E-state index contributed by atoms with van der Waals surface area (Å²) in [6.07, 6.45) is 11.5. The fraction of sp³-hybridized carbons (Fsp3) is 0.667. The lowest BCUT2D eigenvalue weighted by atomic mass is 10.1. The normalized spacial score (nSPS) is 8.73. The Kier molecular flexibility index (Phi) is 22.4. The summed E-state index contributed by atoms with van der Waals surface area (Å²) in [6, 6.07) is 0. The first-order chi connectivity index (χ1) is 10.2. The molecule has 0 radical (unpaired) electrons. The standard InChI is InChI=1S/C10H22.2C4H6O2/c1-3-5-7-9-10-8-6-4-2;2*1-3(2)4(5)6/h3-10H2,1-2H3;2*1H2,2H3,(H,5,6). The molecule has 4 nitrogen and oxygen atoms in total. The average Bonchev–Trinajstić information content (AvgIpc) is 2.44. The maximum atomic E-state index is 9.60. The zero-order valence-corrected chi connectivity index (χ0v) is 14.8. The number of hydrogen-bond donors (Lipinski definition) is 2. The van der Waals surface area contributed by atoms with Gasteiger partial charge in [-0.05, 0) is 13.8 Å². The van der Waals surface area contributed by atoms with E-state index in [1.54, 1.807) is 0 Å². The van der Waals surface area contributed by atoms with E-state index in [4.69, 9.17) is 10.2 Å². The number of hydrogen-bond acceptors (Lipinski definition) is 2. The minimum absolute atomic E-state index is 0.176. The van der Waals surface area contributed by atoms with Crippen molar-refractivity contribution < 1.29 is 19.8 Å². The molecule has 0 spiro atoms. The Morgan fingerprint density at radius 1 is 0.682 bits per heavy atom. The van der Waals surface area contributed by atoms with Gasteiger partial charge in [0.25, 0.3) is 0 Å². The van der Waals surface area contributed by atoms with E-state index >= 15 is 0 Å². The molecule has 0 amide bonds. The first kappa shape index (κ1) is 25.4. The zero-order valence-electron chi connectivity index (χ0n) is 14.8. The highest BCUT2D eigenvalue weighted by Crippen LogP contribution is 2.07. The highest BCUT2D eigenvalue weighted by atomic mass is 16.4. The summed E-state index contributed by atoms with van der Waals surface area (Å²) in [5.41, 5.74) is 0.352. The first-order valence-corrected chi connectivity index (χ1v) is 7.98. The van der Waals surface area contributed by atoms with Crippen LogP contribution in [0.1, 0.15) is 79.1 Å². The largest absolute Gasteiger partial charge is 0.478 e. The van der Waals surface area contributed by atoms with Crippen molar-refractivity contribution in [1.29, 1.82) is 0 Å². The lowest BCUT2D eigenvalue weighted by Gasteiger charge is -1.97. The number of aliphatic carboxylic acids is 2. The first-order valence-electron chi connectivity index (χ1n) is 7.98. The molecular formula is C18H34O4. The Hall–Kier alpha value is -1.58. The number of carbonyl (C=O) groups is 2. The molecule has 22 heavy (non-hydrogen) atoms. The van der Waals surface area contributed by atoms with E-state index in [0.29, 0.717) is 0 Å². The number of unbranched alkanes of at least 4 members (excludes halogenated alkanes) is 7. The second kappa shape index (κ2) is 19.4. The van der Waals surface area contributed by atoms with Gasteiger partial charge in [-0.25, -0.2) is 9.59 Å². The van der Waals surface area contributed by atoms with Crippen molar-refractivity contribution in [2.24, 2.45) is 0 Å². The van der Waals surface area contributed by atoms with Crippen LogP contribution >= 0.6 is 0 Å². The minimum Gasteiger partial charge on any atom is -0.478 e. The van der Waals surface area contributed by atoms with E-state index in [0.717, 1.165) is 0 Å². The number of carboxylic acids is 2. The molecule has 0 unspecified atom stereocenters. The second-order valence-corrected chi connectivity index (χ2v) is 5.29. The molecule has 0 aliphatic heterocycles. The lowest BCUT2D eigenvalue weighted by molar-refractivity contribution is -0.133. The van der Waals surface area contributed by atoms with Crippen LogP contribution in [0.25, 0.3) is 0 Å². The molecule has 0 bridgehead atoms. The summed E-state index contributed by atoms with van der Waals surface area (Å²) in [5.74, 6) is -1.87. The van der Waals surface area contributed by atoms with Crippen LogP contribution in [0.3, 0.4) is 0 Å². The third kappa shape index (κ3) is 31.0. The fourth-order valence-corrected chi connectivity index (χ4v) is 1.21. The maximum absolute atomic E-state index is 9.60. The second-order valence-electron chi connectivity index (χ2n) is 5.29. The molecule has 2 N–H and O–H groups in total. The number of rotatable bonds is 9. The average molecular weight is 314 g/mol. The van der Waals surface area contributed by atoms with E-state index in [2.05, 4.69) is 27.0 Å². The van der Waals surface area contributed by atoms with Crippen LogP contribution in [0.4, 0.5) is 0 Å². The monoisotopic (exact) mass is 314 g/mol. The molecule has 0 fully saturated rings. The molecule has 0 heterocycles. The summed E-state index contributed by atoms with van der Waals surface area (Å²) < 4.78 is 0. The van der Waals surface area contributed by atoms with Crippen molar-refractivity contribution in [3.8, 4) is 0 Å². The molecule has 0 aliphatic rings. The van der Waals surface area contributed by atoms with E-state index in [1.165, 1.54) is 65.2 Å². The highest BCUT2D eigenvalue weighted by Gasteiger charge is 1.90. The smallest absolute Gasteiger partial charge is 0.330 e. The fourth-order valence-electron chi connectivity index (χ4n) is 1.21. The van der Waals surface area contributed by atoms with Gasteiger partial charge in [-0.15, -0.1) is 0 Å². The van der Waals surface area contributed by atoms with Crippen LogP contribution in [0, 0.1) is 0 Å². The predicted molar refractivity (Wildman–Crippen MR) is 93.2 cm³/mol. The lowest BCUT2D eigenvalue weighted by Crippen LogP contribution is -1.92. The Morgan fingerprint density at radius 2 is 0.864 bits per heavy atom. The van der Waals surface area contributed by atoms with E-state index in [-0.39, 0.29) is 11.1 Å². The van der Waals surface area contributed by atoms with Gasteiger partial charge in [0.05, 0.1) is 0 Å². The van der Waals surface area contributed by atoms with Gasteiger partial charge in [-0.3, -0.25) is 0 Å². The molecule has 0 aliphatic carbocycles. The molecule has 0 saturated heterocycles. The Balaban J connectivity index is -0.000000261. The van der Waals surface area contributed by atoms with Gasteiger partial charge in [0, 0.05) is 11.1 Å². The third-order valence-electron chi connectivity index (χ3n) is 2.69. The predicted octanol–water partition coefficient (Wildman–Crippen LogP) is 5.44. The van der Waals surface area contributed by atoms with Gasteiger partial charge < -0.3 is 10.2 Å². The summed E-state index contributed by atoms with van der Waals surface area (Å²) in [4.78, 5) is 19.2. The zero-order chi connectivity index (χ0) is 18.0. The van der Waals surface area contributed by atoms with Crippen molar-refractivity contribution in [3.63, 3.8) is 0 Å². The Bertz CT molecular complexity index is 263. The van der Waals surface area contributed by atoms with Crippen LogP contribution in [0.2, 0.25) is 0 Å². The van der Waals surface area contributed by atoms with Gasteiger partial charge in [0.1, 0.15) is 0 Å². The molecule has 0 atom stereocenters. The van der Waals surface area contributed by atoms with Gasteiger partial charge in [-0.1, -0.05) is 78.4 Å². The summed E-state index contributed by atoms with van der Waals surface area (Å²) >= 11 is 0. The number of carboxylic acid groups (broad SMARTS) is 2. The van der Waals surface area contributed by atoms with E-state index in [1.807, 2.05) is 0 Å². The molecule has 0 rings (SSSR count). The van der Waals surface area contributed by atoms with Gasteiger partial charge in [0.2, 0.25) is 0 Å². The van der Waals surface area contributed by atoms with Crippen LogP contribution in [0.5, 0.6) is 0 Å². The Morgan fingerprint density at radius 3 is 1.00 bits per heavy atom. The van der Waals surface area contributed by atoms with Gasteiger partial charge >= 0.3 is 11.9 Å². The molecule has 130 valence electrons. The van der Waals surface area contributed by atoms with Crippen molar-refractivity contribution in [3.05, 3.63) is 24.3 Å². The summed E-state index contributed by atoms with van der Waals surface area (Å²) in [5, 5.41) is 15.8. The minimum atomic E-state index is -0.935. The van der Waals surface area contributed by atoms with Gasteiger partial charge in [-0.2, -0.15) is 0 Å². The van der Waals surface area contributed by atoms with Crippen LogP contribution in [0.15, 0.2) is 24.3 Å². The van der Waals surface area contributed by atoms with Crippen molar-refractivity contribution >= 4 is 11.9 Å². The van der Waals surface area contributed by atoms with E-state index in [9.17, 15) is 9.59 Å². The maximum Gasteiger partial charge on any atom is 0.330 e. The summed E-state index contributed by atoms with van der Waals surface area (Å²) in [7, 11) is 0. The molecular weight excluding hydrogens is 280 g/mol. The highest BCUT2D eigenvalue weighted by molar-refractivity contribution is 5.85. The molecule has 4 heteroatoms. The Labute approximate surface area is 135 Å². The molecule has 0 saturated carbocycles. The van der Waals surface area contributed by atoms with Crippen LogP contribution < -0.4 is 0 Å². The quantitative estimate of drug-likeness (QED) is 0.439. The van der Waals surface area contributed by atoms with Crippen molar-refractivity contribution in [2.75, 3.05) is 0 Å². The molecule has 0 aromatic rings. The topological polar surface area (TPSA) is 74.6 Å². The molecule has 0 aromatic carbocycles. The SMILES string of the molecule is C=C(C)C(=O)O.C=C(C)C(=O)O.CCCCCCCCCC. The molecule has 0 aromatic heterocycles. The third-order valence-corrected chi connectivity index (χ3v) is 2.69. The summed E-state index contributed by atoms with van der Waals surface area (Å²) in [6.45, 7) is 13.7.